The first-order chi connectivity index (χ1) is 7.83. The normalized spacial score (nSPS) is 11.1. The van der Waals surface area contributed by atoms with E-state index >= 15 is 0 Å². The summed E-state index contributed by atoms with van der Waals surface area (Å²) in [7, 11) is 1.62. The van der Waals surface area contributed by atoms with Gasteiger partial charge in [0.2, 0.25) is 5.88 Å². The van der Waals surface area contributed by atoms with Gasteiger partial charge in [-0.2, -0.15) is 0 Å². The topological polar surface area (TPSA) is 22.1 Å². The van der Waals surface area contributed by atoms with E-state index in [1.165, 1.54) is 0 Å². The van der Waals surface area contributed by atoms with Gasteiger partial charge in [-0.25, -0.2) is 4.98 Å². The summed E-state index contributed by atoms with van der Waals surface area (Å²) in [5.41, 5.74) is 2.06. The second-order valence-electron chi connectivity index (χ2n) is 3.36. The molecular formula is C13H12ClNO. The van der Waals surface area contributed by atoms with Gasteiger partial charge in [-0.3, -0.25) is 0 Å². The van der Waals surface area contributed by atoms with E-state index in [1.807, 2.05) is 36.4 Å². The molecule has 0 aliphatic carbocycles. The van der Waals surface area contributed by atoms with Crippen LogP contribution in [0.2, 0.25) is 0 Å². The van der Waals surface area contributed by atoms with Crippen molar-refractivity contribution in [2.45, 2.75) is 0 Å². The summed E-state index contributed by atoms with van der Waals surface area (Å²) in [6.07, 6.45) is 3.91. The molecule has 0 atom stereocenters. The van der Waals surface area contributed by atoms with Gasteiger partial charge in [0.15, 0.2) is 0 Å². The van der Waals surface area contributed by atoms with E-state index in [0.29, 0.717) is 11.8 Å². The number of fused-ring (bicyclic) bond motifs is 1. The average molecular weight is 234 g/mol. The minimum Gasteiger partial charge on any atom is -0.481 e. The van der Waals surface area contributed by atoms with Gasteiger partial charge in [0.05, 0.1) is 12.6 Å². The lowest BCUT2D eigenvalue weighted by atomic mass is 10.1. The maximum Gasteiger partial charge on any atom is 0.213 e. The predicted molar refractivity (Wildman–Crippen MR) is 68.0 cm³/mol. The first-order valence-electron chi connectivity index (χ1n) is 5.01. The molecule has 1 aromatic carbocycles. The van der Waals surface area contributed by atoms with Gasteiger partial charge in [0.1, 0.15) is 0 Å². The number of aromatic nitrogens is 1. The molecule has 0 radical (unpaired) electrons. The second-order valence-corrected chi connectivity index (χ2v) is 3.67. The number of hydrogen-bond acceptors (Lipinski definition) is 2. The molecule has 2 nitrogen and oxygen atoms in total. The van der Waals surface area contributed by atoms with E-state index in [1.54, 1.807) is 7.11 Å². The minimum atomic E-state index is 0.527. The Labute approximate surface area is 99.5 Å². The number of ether oxygens (including phenoxy) is 1. The van der Waals surface area contributed by atoms with Crippen LogP contribution in [-0.2, 0) is 0 Å². The molecule has 1 heterocycles. The Morgan fingerprint density at radius 2 is 2.19 bits per heavy atom. The molecular weight excluding hydrogens is 222 g/mol. The average Bonchev–Trinajstić information content (AvgIpc) is 2.35. The molecule has 2 rings (SSSR count). The lowest BCUT2D eigenvalue weighted by Crippen LogP contribution is -1.87. The summed E-state index contributed by atoms with van der Waals surface area (Å²) in [5.74, 6) is 1.16. The van der Waals surface area contributed by atoms with Gasteiger partial charge in [0, 0.05) is 17.3 Å². The second kappa shape index (κ2) is 4.99. The maximum atomic E-state index is 5.59. The van der Waals surface area contributed by atoms with E-state index in [2.05, 4.69) is 11.1 Å². The van der Waals surface area contributed by atoms with E-state index in [0.717, 1.165) is 16.5 Å². The fourth-order valence-electron chi connectivity index (χ4n) is 1.52. The molecule has 82 valence electrons. The third-order valence-corrected chi connectivity index (χ3v) is 2.47. The molecule has 16 heavy (non-hydrogen) atoms. The van der Waals surface area contributed by atoms with Crippen LogP contribution < -0.4 is 4.74 Å². The van der Waals surface area contributed by atoms with Crippen LogP contribution in [0, 0.1) is 0 Å². The molecule has 2 aromatic rings. The van der Waals surface area contributed by atoms with Crippen LogP contribution >= 0.6 is 11.6 Å². The molecule has 0 amide bonds. The number of rotatable bonds is 3. The van der Waals surface area contributed by atoms with Crippen molar-refractivity contribution in [2.24, 2.45) is 0 Å². The van der Waals surface area contributed by atoms with Gasteiger partial charge in [-0.15, -0.1) is 11.6 Å². The van der Waals surface area contributed by atoms with E-state index in [-0.39, 0.29) is 0 Å². The van der Waals surface area contributed by atoms with Gasteiger partial charge in [0.25, 0.3) is 0 Å². The Bertz CT molecular complexity index is 522. The molecule has 0 aliphatic heterocycles. The van der Waals surface area contributed by atoms with Gasteiger partial charge in [-0.1, -0.05) is 18.2 Å². The number of nitrogens with zero attached hydrogens (tertiary/aromatic N) is 1. The fourth-order valence-corrected chi connectivity index (χ4v) is 1.61. The first kappa shape index (κ1) is 11.0. The highest BCUT2D eigenvalue weighted by molar-refractivity contribution is 6.19. The van der Waals surface area contributed by atoms with Crippen LogP contribution in [0.5, 0.6) is 5.88 Å². The molecule has 0 aliphatic rings. The molecule has 1 aromatic heterocycles. The summed E-state index contributed by atoms with van der Waals surface area (Å²) < 4.78 is 5.07. The largest absolute Gasteiger partial charge is 0.481 e. The molecule has 0 unspecified atom stereocenters. The number of hydrogen-bond donors (Lipinski definition) is 0. The standard InChI is InChI=1S/C13H12ClNO/c1-16-13-7-5-11-9-10(3-2-8-14)4-6-12(11)15-13/h2-7,9H,8H2,1H3. The molecule has 0 spiro atoms. The van der Waals surface area contributed by atoms with Crippen LogP contribution in [0.1, 0.15) is 5.56 Å². The fraction of sp³-hybridized carbons (Fsp3) is 0.154. The summed E-state index contributed by atoms with van der Waals surface area (Å²) in [6.45, 7) is 0. The summed E-state index contributed by atoms with van der Waals surface area (Å²) in [4.78, 5) is 4.34. The molecule has 0 N–H and O–H groups in total. The van der Waals surface area contributed by atoms with Gasteiger partial charge in [-0.05, 0) is 23.8 Å². The lowest BCUT2D eigenvalue weighted by molar-refractivity contribution is 0.399. The Balaban J connectivity index is 2.43. The van der Waals surface area contributed by atoms with Crippen LogP contribution in [0.15, 0.2) is 36.4 Å². The number of halogens is 1. The number of benzene rings is 1. The summed E-state index contributed by atoms with van der Waals surface area (Å²) in [5, 5.41) is 1.09. The van der Waals surface area contributed by atoms with Gasteiger partial charge >= 0.3 is 0 Å². The zero-order valence-electron chi connectivity index (χ0n) is 8.98. The van der Waals surface area contributed by atoms with Gasteiger partial charge < -0.3 is 4.74 Å². The highest BCUT2D eigenvalue weighted by Crippen LogP contribution is 2.18. The number of alkyl halides is 1. The summed E-state index contributed by atoms with van der Waals surface area (Å²) >= 11 is 5.59. The van der Waals surface area contributed by atoms with Crippen molar-refractivity contribution in [3.05, 3.63) is 42.0 Å². The quantitative estimate of drug-likeness (QED) is 0.757. The number of allylic oxidation sites excluding steroid dienone is 1. The number of pyridine rings is 1. The molecule has 3 heteroatoms. The highest BCUT2D eigenvalue weighted by atomic mass is 35.5. The van der Waals surface area contributed by atoms with Crippen molar-refractivity contribution >= 4 is 28.6 Å². The Hall–Kier alpha value is -1.54. The van der Waals surface area contributed by atoms with Crippen LogP contribution in [0.25, 0.3) is 17.0 Å². The molecule has 0 bridgehead atoms. The Kier molecular flexibility index (Phi) is 3.42. The third kappa shape index (κ3) is 2.34. The molecule has 0 saturated heterocycles. The predicted octanol–water partition coefficient (Wildman–Crippen LogP) is 3.50. The van der Waals surface area contributed by atoms with Crippen LogP contribution in [-0.4, -0.2) is 18.0 Å². The molecule has 0 fully saturated rings. The van der Waals surface area contributed by atoms with E-state index < -0.39 is 0 Å². The van der Waals surface area contributed by atoms with Crippen molar-refractivity contribution < 1.29 is 4.74 Å². The van der Waals surface area contributed by atoms with Crippen molar-refractivity contribution in [3.8, 4) is 5.88 Å². The SMILES string of the molecule is COc1ccc2cc(C=CCCl)ccc2n1. The summed E-state index contributed by atoms with van der Waals surface area (Å²) in [6, 6.07) is 9.92. The first-order valence-corrected chi connectivity index (χ1v) is 5.54. The molecule has 0 saturated carbocycles. The zero-order chi connectivity index (χ0) is 11.4. The lowest BCUT2D eigenvalue weighted by Gasteiger charge is -2.02. The Morgan fingerprint density at radius 3 is 2.94 bits per heavy atom. The van der Waals surface area contributed by atoms with E-state index in [4.69, 9.17) is 16.3 Å². The smallest absolute Gasteiger partial charge is 0.213 e. The maximum absolute atomic E-state index is 5.59. The van der Waals surface area contributed by atoms with Crippen molar-refractivity contribution in [1.82, 2.24) is 4.98 Å². The zero-order valence-corrected chi connectivity index (χ0v) is 9.74. The van der Waals surface area contributed by atoms with Crippen LogP contribution in [0.4, 0.5) is 0 Å². The Morgan fingerprint density at radius 1 is 1.31 bits per heavy atom. The third-order valence-electron chi connectivity index (χ3n) is 2.30. The van der Waals surface area contributed by atoms with Crippen molar-refractivity contribution in [3.63, 3.8) is 0 Å². The van der Waals surface area contributed by atoms with E-state index in [9.17, 15) is 0 Å². The van der Waals surface area contributed by atoms with Crippen LogP contribution in [0.3, 0.4) is 0 Å². The monoisotopic (exact) mass is 233 g/mol. The van der Waals surface area contributed by atoms with Crippen molar-refractivity contribution in [2.75, 3.05) is 13.0 Å². The van der Waals surface area contributed by atoms with Crippen molar-refractivity contribution in [1.29, 1.82) is 0 Å². The number of methoxy groups -OCH3 is 1. The minimum absolute atomic E-state index is 0.527. The highest BCUT2D eigenvalue weighted by Gasteiger charge is 1.98.